The Kier molecular flexibility index (Phi) is 8.09. The summed E-state index contributed by atoms with van der Waals surface area (Å²) in [5, 5.41) is 5.09. The van der Waals surface area contributed by atoms with E-state index in [9.17, 15) is 0 Å². The van der Waals surface area contributed by atoms with E-state index in [0.29, 0.717) is 0 Å². The van der Waals surface area contributed by atoms with Gasteiger partial charge in [0.05, 0.1) is 10.4 Å². The molecule has 0 N–H and O–H groups in total. The Morgan fingerprint density at radius 3 is 1.65 bits per heavy atom. The van der Waals surface area contributed by atoms with Gasteiger partial charge < -0.3 is 4.90 Å². The van der Waals surface area contributed by atoms with Crippen LogP contribution in [0.15, 0.2) is 212 Å². The third-order valence-corrected chi connectivity index (χ3v) is 11.7. The van der Waals surface area contributed by atoms with Gasteiger partial charge in [-0.2, -0.15) is 0 Å². The summed E-state index contributed by atoms with van der Waals surface area (Å²) in [6.07, 6.45) is 0. The van der Waals surface area contributed by atoms with Gasteiger partial charge in [0.15, 0.2) is 0 Å². The molecule has 0 unspecified atom stereocenters. The first kappa shape index (κ1) is 32.0. The Bertz CT molecular complexity index is 2910. The van der Waals surface area contributed by atoms with Crippen molar-refractivity contribution >= 4 is 59.3 Å². The predicted octanol–water partition coefficient (Wildman–Crippen LogP) is 15.3. The second kappa shape index (κ2) is 13.7. The number of benzene rings is 9. The fourth-order valence-corrected chi connectivity index (χ4v) is 8.99. The van der Waals surface area contributed by atoms with E-state index in [1.807, 2.05) is 11.3 Å². The van der Waals surface area contributed by atoms with E-state index >= 15 is 0 Å². The highest BCUT2D eigenvalue weighted by atomic mass is 32.1. The lowest BCUT2D eigenvalue weighted by atomic mass is 9.93. The van der Waals surface area contributed by atoms with Gasteiger partial charge in [-0.05, 0) is 104 Å². The van der Waals surface area contributed by atoms with Crippen LogP contribution in [0.4, 0.5) is 17.1 Å². The van der Waals surface area contributed by atoms with Crippen LogP contribution in [0.3, 0.4) is 0 Å². The molecule has 0 aliphatic carbocycles. The number of anilines is 3. The van der Waals surface area contributed by atoms with Gasteiger partial charge in [0.2, 0.25) is 0 Å². The molecule has 0 saturated carbocycles. The highest BCUT2D eigenvalue weighted by Crippen LogP contribution is 2.46. The first-order valence-corrected chi connectivity index (χ1v) is 19.2. The van der Waals surface area contributed by atoms with Crippen LogP contribution >= 0.6 is 11.3 Å². The molecule has 0 aliphatic rings. The van der Waals surface area contributed by atoms with Gasteiger partial charge in [-0.25, -0.2) is 0 Å². The highest BCUT2D eigenvalue weighted by molar-refractivity contribution is 7.26. The molecular weight excluding hydrogens is 671 g/mol. The molecule has 10 rings (SSSR count). The molecule has 10 aromatic rings. The van der Waals surface area contributed by atoms with Crippen molar-refractivity contribution in [3.63, 3.8) is 0 Å². The summed E-state index contributed by atoms with van der Waals surface area (Å²) in [4.78, 5) is 2.43. The van der Waals surface area contributed by atoms with Crippen molar-refractivity contribution in [2.24, 2.45) is 0 Å². The Hall–Kier alpha value is -6.74. The van der Waals surface area contributed by atoms with E-state index in [2.05, 4.69) is 217 Å². The van der Waals surface area contributed by atoms with Gasteiger partial charge >= 0.3 is 0 Å². The minimum atomic E-state index is 1.12. The largest absolute Gasteiger partial charge is 0.309 e. The van der Waals surface area contributed by atoms with Crippen LogP contribution in [0.1, 0.15) is 0 Å². The second-order valence-corrected chi connectivity index (χ2v) is 14.8. The number of rotatable bonds is 7. The summed E-state index contributed by atoms with van der Waals surface area (Å²) in [5.41, 5.74) is 13.1. The molecule has 2 heteroatoms. The summed E-state index contributed by atoms with van der Waals surface area (Å²) in [6.45, 7) is 0. The van der Waals surface area contributed by atoms with Crippen molar-refractivity contribution in [1.29, 1.82) is 0 Å². The number of thiophene rings is 1. The van der Waals surface area contributed by atoms with Crippen LogP contribution in [0, 0.1) is 0 Å². The average molecular weight is 706 g/mol. The molecule has 0 fully saturated rings. The Morgan fingerprint density at radius 1 is 0.315 bits per heavy atom. The quantitative estimate of drug-likeness (QED) is 0.160. The molecule has 1 nitrogen and oxygen atoms in total. The Morgan fingerprint density at radius 2 is 0.870 bits per heavy atom. The van der Waals surface area contributed by atoms with E-state index in [0.717, 1.165) is 11.4 Å². The van der Waals surface area contributed by atoms with Crippen molar-refractivity contribution < 1.29 is 0 Å². The van der Waals surface area contributed by atoms with Crippen LogP contribution in [-0.4, -0.2) is 0 Å². The molecule has 1 aromatic heterocycles. The molecule has 0 atom stereocenters. The fraction of sp³-hybridized carbons (Fsp3) is 0. The standard InChI is InChI=1S/C52H35NS/c1-3-13-36(14-4-1)37-25-27-38(28-26-37)41-18-11-19-45(34-41)53(50-23-12-22-48-47-21-9-10-24-51(47)54-52(48)50)44-31-29-39(30-32-44)43-33-42-17-7-8-20-46(42)49(35-43)40-15-5-2-6-16-40/h1-35H. The zero-order valence-corrected chi connectivity index (χ0v) is 30.4. The number of fused-ring (bicyclic) bond motifs is 4. The van der Waals surface area contributed by atoms with Gasteiger partial charge in [0.25, 0.3) is 0 Å². The second-order valence-electron chi connectivity index (χ2n) is 13.7. The lowest BCUT2D eigenvalue weighted by molar-refractivity contribution is 1.30. The van der Waals surface area contributed by atoms with E-state index in [1.165, 1.54) is 81.1 Å². The zero-order valence-electron chi connectivity index (χ0n) is 29.6. The van der Waals surface area contributed by atoms with Gasteiger partial charge in [-0.15, -0.1) is 11.3 Å². The maximum atomic E-state index is 2.43. The summed E-state index contributed by atoms with van der Waals surface area (Å²) >= 11 is 1.86. The first-order valence-electron chi connectivity index (χ1n) is 18.4. The minimum Gasteiger partial charge on any atom is -0.309 e. The SMILES string of the molecule is c1ccc(-c2ccc(-c3cccc(N(c4ccc(-c5cc(-c6ccccc6)c6ccccc6c5)cc4)c4cccc5c4sc4ccccc45)c3)cc2)cc1. The van der Waals surface area contributed by atoms with Crippen molar-refractivity contribution in [3.05, 3.63) is 212 Å². The summed E-state index contributed by atoms with van der Waals surface area (Å²) in [7, 11) is 0. The summed E-state index contributed by atoms with van der Waals surface area (Å²) in [6, 6.07) is 77.1. The van der Waals surface area contributed by atoms with Crippen molar-refractivity contribution in [2.75, 3.05) is 4.90 Å². The summed E-state index contributed by atoms with van der Waals surface area (Å²) < 4.78 is 2.58. The van der Waals surface area contributed by atoms with E-state index in [4.69, 9.17) is 0 Å². The maximum Gasteiger partial charge on any atom is 0.0640 e. The molecule has 0 bridgehead atoms. The molecule has 0 radical (unpaired) electrons. The third-order valence-electron chi connectivity index (χ3n) is 10.5. The fourth-order valence-electron chi connectivity index (χ4n) is 7.78. The smallest absolute Gasteiger partial charge is 0.0640 e. The Labute approximate surface area is 319 Å². The Balaban J connectivity index is 1.09. The van der Waals surface area contributed by atoms with Crippen LogP contribution in [-0.2, 0) is 0 Å². The van der Waals surface area contributed by atoms with Crippen LogP contribution in [0.2, 0.25) is 0 Å². The molecule has 0 spiro atoms. The summed E-state index contributed by atoms with van der Waals surface area (Å²) in [5.74, 6) is 0. The average Bonchev–Trinajstić information content (AvgIpc) is 3.64. The van der Waals surface area contributed by atoms with Crippen molar-refractivity contribution in [1.82, 2.24) is 0 Å². The lowest BCUT2D eigenvalue weighted by Gasteiger charge is -2.27. The van der Waals surface area contributed by atoms with E-state index in [-0.39, 0.29) is 0 Å². The van der Waals surface area contributed by atoms with Crippen LogP contribution in [0.25, 0.3) is 75.5 Å². The van der Waals surface area contributed by atoms with Gasteiger partial charge in [0.1, 0.15) is 0 Å². The maximum absolute atomic E-state index is 2.43. The molecule has 254 valence electrons. The zero-order chi connectivity index (χ0) is 35.8. The molecule has 0 amide bonds. The minimum absolute atomic E-state index is 1.12. The van der Waals surface area contributed by atoms with Gasteiger partial charge in [-0.1, -0.05) is 164 Å². The predicted molar refractivity (Wildman–Crippen MR) is 233 cm³/mol. The van der Waals surface area contributed by atoms with Gasteiger partial charge in [0, 0.05) is 26.8 Å². The van der Waals surface area contributed by atoms with Crippen molar-refractivity contribution in [2.45, 2.75) is 0 Å². The van der Waals surface area contributed by atoms with E-state index < -0.39 is 0 Å². The normalized spacial score (nSPS) is 11.3. The third kappa shape index (κ3) is 5.84. The molecule has 0 aliphatic heterocycles. The van der Waals surface area contributed by atoms with E-state index in [1.54, 1.807) is 0 Å². The highest BCUT2D eigenvalue weighted by Gasteiger charge is 2.19. The molecule has 0 saturated heterocycles. The number of nitrogens with zero attached hydrogens (tertiary/aromatic N) is 1. The first-order chi connectivity index (χ1) is 26.8. The molecule has 9 aromatic carbocycles. The van der Waals surface area contributed by atoms with Crippen LogP contribution in [0.5, 0.6) is 0 Å². The molecule has 54 heavy (non-hydrogen) atoms. The monoisotopic (exact) mass is 705 g/mol. The van der Waals surface area contributed by atoms with Gasteiger partial charge in [-0.3, -0.25) is 0 Å². The van der Waals surface area contributed by atoms with Crippen molar-refractivity contribution in [3.8, 4) is 44.5 Å². The lowest BCUT2D eigenvalue weighted by Crippen LogP contribution is -2.10. The number of hydrogen-bond acceptors (Lipinski definition) is 2. The number of hydrogen-bond donors (Lipinski definition) is 0. The molecule has 1 heterocycles. The van der Waals surface area contributed by atoms with Crippen LogP contribution < -0.4 is 4.90 Å². The topological polar surface area (TPSA) is 3.24 Å². The molecular formula is C52H35NS.